The van der Waals surface area contributed by atoms with Gasteiger partial charge in [0, 0.05) is 30.7 Å². The van der Waals surface area contributed by atoms with E-state index in [1.165, 1.54) is 11.1 Å². The van der Waals surface area contributed by atoms with Crippen molar-refractivity contribution >= 4 is 23.7 Å². The van der Waals surface area contributed by atoms with Crippen LogP contribution in [0.25, 0.3) is 0 Å². The van der Waals surface area contributed by atoms with Crippen molar-refractivity contribution < 1.29 is 19.5 Å². The maximum absolute atomic E-state index is 13.0. The number of benzene rings is 2. The highest BCUT2D eigenvalue weighted by atomic mass is 16.4. The summed E-state index contributed by atoms with van der Waals surface area (Å²) in [6.45, 7) is 0.824. The van der Waals surface area contributed by atoms with Gasteiger partial charge in [0.15, 0.2) is 5.96 Å². The number of aryl methyl sites for hydroxylation is 1. The van der Waals surface area contributed by atoms with E-state index < -0.39 is 11.9 Å². The Bertz CT molecular complexity index is 1150. The molecule has 1 aliphatic carbocycles. The number of likely N-dealkylation sites (tertiary alicyclic amines) is 1. The van der Waals surface area contributed by atoms with Gasteiger partial charge in [0.05, 0.1) is 12.3 Å². The molecule has 208 valence electrons. The highest BCUT2D eigenvalue weighted by molar-refractivity contribution is 5.94. The smallest absolute Gasteiger partial charge is 0.304 e. The van der Waals surface area contributed by atoms with Crippen LogP contribution in [-0.4, -0.2) is 58.9 Å². The Morgan fingerprint density at radius 2 is 1.72 bits per heavy atom. The number of aliphatic carboxylic acids is 1. The van der Waals surface area contributed by atoms with E-state index in [-0.39, 0.29) is 36.3 Å². The third-order valence-electron chi connectivity index (χ3n) is 7.99. The zero-order chi connectivity index (χ0) is 27.8. The highest BCUT2D eigenvalue weighted by Gasteiger charge is 2.40. The molecule has 2 atom stereocenters. The molecule has 1 saturated heterocycles. The van der Waals surface area contributed by atoms with Gasteiger partial charge < -0.3 is 26.4 Å². The number of guanidine groups is 1. The van der Waals surface area contributed by atoms with Gasteiger partial charge in [-0.05, 0) is 74.1 Å². The van der Waals surface area contributed by atoms with Crippen molar-refractivity contribution in [3.8, 4) is 0 Å². The van der Waals surface area contributed by atoms with Gasteiger partial charge in [0.25, 0.3) is 5.91 Å². The summed E-state index contributed by atoms with van der Waals surface area (Å²) in [5.74, 6) is -1.43. The van der Waals surface area contributed by atoms with E-state index in [1.54, 1.807) is 4.90 Å². The largest absolute Gasteiger partial charge is 0.481 e. The fraction of sp³-hybridized carbons (Fsp3) is 0.467. The van der Waals surface area contributed by atoms with Gasteiger partial charge >= 0.3 is 5.97 Å². The third-order valence-corrected chi connectivity index (χ3v) is 7.99. The Hall–Kier alpha value is -3.88. The van der Waals surface area contributed by atoms with Crippen LogP contribution in [0.3, 0.4) is 0 Å². The van der Waals surface area contributed by atoms with Crippen LogP contribution in [0.15, 0.2) is 54.6 Å². The molecule has 0 bridgehead atoms. The van der Waals surface area contributed by atoms with Crippen LogP contribution in [0.4, 0.5) is 0 Å². The van der Waals surface area contributed by atoms with Crippen LogP contribution in [0.2, 0.25) is 0 Å². The average Bonchev–Trinajstić information content (AvgIpc) is 3.21. The molecule has 4 rings (SSSR count). The molecule has 2 aromatic carbocycles. The molecule has 0 spiro atoms. The predicted molar refractivity (Wildman–Crippen MR) is 149 cm³/mol. The number of rotatable bonds is 11. The van der Waals surface area contributed by atoms with E-state index in [2.05, 4.69) is 22.8 Å². The van der Waals surface area contributed by atoms with Crippen molar-refractivity contribution in [1.29, 1.82) is 5.41 Å². The molecule has 9 nitrogen and oxygen atoms in total. The lowest BCUT2D eigenvalue weighted by atomic mass is 9.81. The second-order valence-electron chi connectivity index (χ2n) is 10.7. The molecule has 9 heteroatoms. The van der Waals surface area contributed by atoms with Crippen LogP contribution in [0.5, 0.6) is 0 Å². The quantitative estimate of drug-likeness (QED) is 0.221. The first-order chi connectivity index (χ1) is 18.8. The summed E-state index contributed by atoms with van der Waals surface area (Å²) in [6.07, 6.45) is 5.76. The van der Waals surface area contributed by atoms with E-state index in [0.29, 0.717) is 31.0 Å². The van der Waals surface area contributed by atoms with Crippen LogP contribution < -0.4 is 16.4 Å². The number of nitrogens with one attached hydrogen (secondary N) is 3. The minimum absolute atomic E-state index is 0.0171. The number of carbonyl (C=O) groups excluding carboxylic acids is 2. The van der Waals surface area contributed by atoms with Crippen LogP contribution in [0, 0.1) is 11.3 Å². The Morgan fingerprint density at radius 3 is 2.36 bits per heavy atom. The molecule has 1 saturated carbocycles. The van der Waals surface area contributed by atoms with Gasteiger partial charge in [-0.15, -0.1) is 0 Å². The maximum atomic E-state index is 13.0. The molecule has 0 unspecified atom stereocenters. The number of amides is 2. The molecular weight excluding hydrogens is 494 g/mol. The Labute approximate surface area is 229 Å². The van der Waals surface area contributed by atoms with Crippen molar-refractivity contribution in [2.45, 2.75) is 69.4 Å². The molecule has 0 aromatic heterocycles. The first-order valence-electron chi connectivity index (χ1n) is 13.8. The molecule has 2 aromatic rings. The number of nitrogens with zero attached hydrogens (tertiary/aromatic N) is 1. The summed E-state index contributed by atoms with van der Waals surface area (Å²) in [5.41, 5.74) is 8.41. The van der Waals surface area contributed by atoms with Gasteiger partial charge in [0.1, 0.15) is 0 Å². The monoisotopic (exact) mass is 533 g/mol. The summed E-state index contributed by atoms with van der Waals surface area (Å²) in [6, 6.07) is 17.8. The summed E-state index contributed by atoms with van der Waals surface area (Å²) in [7, 11) is 0. The number of carboxylic acids is 1. The van der Waals surface area contributed by atoms with Gasteiger partial charge in [-0.1, -0.05) is 42.5 Å². The molecule has 2 amide bonds. The highest BCUT2D eigenvalue weighted by Crippen LogP contribution is 2.33. The van der Waals surface area contributed by atoms with E-state index in [4.69, 9.17) is 11.1 Å². The minimum Gasteiger partial charge on any atom is -0.481 e. The summed E-state index contributed by atoms with van der Waals surface area (Å²) in [5, 5.41) is 22.6. The van der Waals surface area contributed by atoms with Crippen LogP contribution in [0.1, 0.15) is 72.3 Å². The molecule has 0 radical (unpaired) electrons. The predicted octanol–water partition coefficient (Wildman–Crippen LogP) is 3.25. The van der Waals surface area contributed by atoms with Crippen LogP contribution in [-0.2, 0) is 16.0 Å². The summed E-state index contributed by atoms with van der Waals surface area (Å²) < 4.78 is 0. The number of carboxylic acid groups (broad SMARTS) is 1. The summed E-state index contributed by atoms with van der Waals surface area (Å²) >= 11 is 0. The second-order valence-corrected chi connectivity index (χ2v) is 10.7. The van der Waals surface area contributed by atoms with Gasteiger partial charge in [-0.2, -0.15) is 0 Å². The van der Waals surface area contributed by atoms with Gasteiger partial charge in [0.2, 0.25) is 5.91 Å². The molecule has 39 heavy (non-hydrogen) atoms. The number of hydrogen-bond acceptors (Lipinski definition) is 4. The fourth-order valence-electron chi connectivity index (χ4n) is 5.95. The fourth-order valence-corrected chi connectivity index (χ4v) is 5.95. The molecule has 1 heterocycles. The van der Waals surface area contributed by atoms with E-state index >= 15 is 0 Å². The first-order valence-corrected chi connectivity index (χ1v) is 13.8. The van der Waals surface area contributed by atoms with Gasteiger partial charge in [-0.25, -0.2) is 0 Å². The van der Waals surface area contributed by atoms with Crippen molar-refractivity contribution in [3.05, 3.63) is 71.3 Å². The zero-order valence-electron chi connectivity index (χ0n) is 22.3. The zero-order valence-corrected chi connectivity index (χ0v) is 22.3. The molecular formula is C30H39N5O4. The van der Waals surface area contributed by atoms with Crippen LogP contribution >= 0.6 is 0 Å². The maximum Gasteiger partial charge on any atom is 0.304 e. The lowest BCUT2D eigenvalue weighted by molar-refractivity contribution is -0.142. The number of hydrogen-bond donors (Lipinski definition) is 5. The second kappa shape index (κ2) is 13.3. The van der Waals surface area contributed by atoms with E-state index in [0.717, 1.165) is 38.5 Å². The normalized spacial score (nSPS) is 22.9. The van der Waals surface area contributed by atoms with E-state index in [9.17, 15) is 19.5 Å². The SMILES string of the molecule is N=C(N)N[C@H]1CC[C@@H](c2ccc(C(=O)NC[C@@H]3C[C@@H](CC(=O)O)C(=O)N3CCCc3ccccc3)cc2)CC1. The Balaban J connectivity index is 1.30. The average molecular weight is 534 g/mol. The molecule has 2 aliphatic rings. The third kappa shape index (κ3) is 7.81. The number of nitrogens with two attached hydrogens (primary N) is 1. The van der Waals surface area contributed by atoms with Crippen molar-refractivity contribution in [3.63, 3.8) is 0 Å². The van der Waals surface area contributed by atoms with Crippen molar-refractivity contribution in [2.75, 3.05) is 13.1 Å². The topological polar surface area (TPSA) is 149 Å². The molecule has 6 N–H and O–H groups in total. The van der Waals surface area contributed by atoms with Crippen molar-refractivity contribution in [1.82, 2.24) is 15.5 Å². The first kappa shape index (κ1) is 28.1. The van der Waals surface area contributed by atoms with Crippen molar-refractivity contribution in [2.24, 2.45) is 11.7 Å². The molecule has 1 aliphatic heterocycles. The summed E-state index contributed by atoms with van der Waals surface area (Å²) in [4.78, 5) is 39.0. The van der Waals surface area contributed by atoms with E-state index in [1.807, 2.05) is 42.5 Å². The lowest BCUT2D eigenvalue weighted by Crippen LogP contribution is -2.42. The molecule has 2 fully saturated rings. The Morgan fingerprint density at radius 1 is 1.03 bits per heavy atom. The van der Waals surface area contributed by atoms with Gasteiger partial charge in [-0.3, -0.25) is 19.8 Å². The minimum atomic E-state index is -0.981. The lowest BCUT2D eigenvalue weighted by Gasteiger charge is -2.29. The standard InChI is InChI=1S/C30H39N5O4/c31-30(32)34-25-14-12-22(13-15-25)21-8-10-23(11-9-21)28(38)33-19-26-17-24(18-27(36)37)29(39)35(26)16-4-7-20-5-2-1-3-6-20/h1-3,5-6,8-11,22,24-26H,4,7,12-19H2,(H,33,38)(H,36,37)(H4,31,32,34)/t22-,24-,25+,26-/m0/s1. The Kier molecular flexibility index (Phi) is 9.57. The number of carbonyl (C=O) groups is 3.